The number of ether oxygens (including phenoxy) is 3. The third-order valence-corrected chi connectivity index (χ3v) is 4.25. The smallest absolute Gasteiger partial charge is 0.335 e. The molecule has 27 heavy (non-hydrogen) atoms. The van der Waals surface area contributed by atoms with Crippen LogP contribution in [-0.2, 0) is 19.1 Å². The van der Waals surface area contributed by atoms with Crippen molar-refractivity contribution in [3.8, 4) is 11.5 Å². The van der Waals surface area contributed by atoms with Crippen molar-refractivity contribution in [1.29, 1.82) is 0 Å². The van der Waals surface area contributed by atoms with Crippen molar-refractivity contribution < 1.29 is 23.8 Å². The lowest BCUT2D eigenvalue weighted by molar-refractivity contribution is -0.143. The number of hydrogen-bond acceptors (Lipinski definition) is 6. The molecule has 1 unspecified atom stereocenters. The Morgan fingerprint density at radius 3 is 2.37 bits per heavy atom. The molecule has 138 valence electrons. The zero-order valence-corrected chi connectivity index (χ0v) is 15.0. The monoisotopic (exact) mass is 365 g/mol. The number of methoxy groups -OCH3 is 2. The SMILES string of the molecule is COC(=O)C1=CN=CC(C(=O)OC)[C@@H]1c1cccc(Oc2ccccc2)c1. The summed E-state index contributed by atoms with van der Waals surface area (Å²) in [6.45, 7) is 0. The van der Waals surface area contributed by atoms with Gasteiger partial charge in [-0.15, -0.1) is 0 Å². The molecule has 3 rings (SSSR count). The Hall–Kier alpha value is -3.41. The second-order valence-corrected chi connectivity index (χ2v) is 5.89. The van der Waals surface area contributed by atoms with Crippen molar-refractivity contribution in [2.45, 2.75) is 5.92 Å². The Balaban J connectivity index is 1.98. The van der Waals surface area contributed by atoms with Crippen molar-refractivity contribution >= 4 is 18.2 Å². The molecule has 0 radical (unpaired) electrons. The van der Waals surface area contributed by atoms with Gasteiger partial charge in [0.15, 0.2) is 0 Å². The largest absolute Gasteiger partial charge is 0.468 e. The molecule has 2 aromatic carbocycles. The molecule has 0 amide bonds. The van der Waals surface area contributed by atoms with Gasteiger partial charge in [-0.25, -0.2) is 4.79 Å². The summed E-state index contributed by atoms with van der Waals surface area (Å²) in [5.74, 6) is -1.06. The summed E-state index contributed by atoms with van der Waals surface area (Å²) in [6.07, 6.45) is 2.90. The van der Waals surface area contributed by atoms with Gasteiger partial charge in [0, 0.05) is 18.3 Å². The molecule has 0 saturated carbocycles. The standard InChI is InChI=1S/C21H19NO5/c1-25-20(23)17-12-22-13-18(21(24)26-2)19(17)14-7-6-10-16(11-14)27-15-8-4-3-5-9-15/h3-13,17,19H,1-2H3/t17?,19-/m0/s1. The first-order valence-corrected chi connectivity index (χ1v) is 8.36. The van der Waals surface area contributed by atoms with E-state index in [1.54, 1.807) is 6.07 Å². The van der Waals surface area contributed by atoms with Gasteiger partial charge in [-0.05, 0) is 29.8 Å². The normalized spacial score (nSPS) is 18.4. The Morgan fingerprint density at radius 2 is 1.67 bits per heavy atom. The van der Waals surface area contributed by atoms with Gasteiger partial charge in [-0.3, -0.25) is 9.79 Å². The summed E-state index contributed by atoms with van der Waals surface area (Å²) in [7, 11) is 2.60. The molecular weight excluding hydrogens is 346 g/mol. The van der Waals surface area contributed by atoms with Crippen molar-refractivity contribution in [3.63, 3.8) is 0 Å². The van der Waals surface area contributed by atoms with Crippen LogP contribution in [0.25, 0.3) is 0 Å². The lowest BCUT2D eigenvalue weighted by atomic mass is 9.80. The molecule has 6 nitrogen and oxygen atoms in total. The Kier molecular flexibility index (Phi) is 5.66. The molecule has 0 aromatic heterocycles. The van der Waals surface area contributed by atoms with Crippen LogP contribution in [0.5, 0.6) is 11.5 Å². The van der Waals surface area contributed by atoms with Gasteiger partial charge in [-0.1, -0.05) is 30.3 Å². The van der Waals surface area contributed by atoms with E-state index in [-0.39, 0.29) is 5.57 Å². The Bertz CT molecular complexity index is 888. The molecule has 1 aliphatic heterocycles. The van der Waals surface area contributed by atoms with Crippen LogP contribution < -0.4 is 4.74 Å². The molecule has 2 atom stereocenters. The molecular formula is C21H19NO5. The minimum Gasteiger partial charge on any atom is -0.468 e. The molecule has 2 aromatic rings. The highest BCUT2D eigenvalue weighted by atomic mass is 16.5. The van der Waals surface area contributed by atoms with E-state index in [9.17, 15) is 9.59 Å². The maximum atomic E-state index is 12.3. The highest BCUT2D eigenvalue weighted by Gasteiger charge is 2.37. The number of carbonyl (C=O) groups excluding carboxylic acids is 2. The number of hydrogen-bond donors (Lipinski definition) is 0. The minimum absolute atomic E-state index is 0.285. The first-order chi connectivity index (χ1) is 13.1. The second-order valence-electron chi connectivity index (χ2n) is 5.89. The van der Waals surface area contributed by atoms with Gasteiger partial charge < -0.3 is 14.2 Å². The molecule has 0 aliphatic carbocycles. The molecule has 0 N–H and O–H groups in total. The fourth-order valence-electron chi connectivity index (χ4n) is 2.99. The molecule has 1 heterocycles. The third-order valence-electron chi connectivity index (χ3n) is 4.25. The summed E-state index contributed by atoms with van der Waals surface area (Å²) in [5.41, 5.74) is 1.01. The van der Waals surface area contributed by atoms with Crippen LogP contribution in [0.15, 0.2) is 71.4 Å². The second kappa shape index (κ2) is 8.31. The van der Waals surface area contributed by atoms with Crippen LogP contribution in [0.3, 0.4) is 0 Å². The number of nitrogens with zero attached hydrogens (tertiary/aromatic N) is 1. The zero-order valence-electron chi connectivity index (χ0n) is 15.0. The predicted molar refractivity (Wildman–Crippen MR) is 99.8 cm³/mol. The molecule has 6 heteroatoms. The molecule has 1 aliphatic rings. The quantitative estimate of drug-likeness (QED) is 0.758. The highest BCUT2D eigenvalue weighted by Crippen LogP contribution is 2.37. The van der Waals surface area contributed by atoms with E-state index < -0.39 is 23.8 Å². The number of rotatable bonds is 5. The van der Waals surface area contributed by atoms with Crippen LogP contribution in [-0.4, -0.2) is 32.4 Å². The number of esters is 2. The van der Waals surface area contributed by atoms with Crippen molar-refractivity contribution in [2.75, 3.05) is 14.2 Å². The van der Waals surface area contributed by atoms with Crippen molar-refractivity contribution in [2.24, 2.45) is 10.9 Å². The number of carbonyl (C=O) groups is 2. The average Bonchev–Trinajstić information content (AvgIpc) is 2.73. The van der Waals surface area contributed by atoms with E-state index in [4.69, 9.17) is 14.2 Å². The van der Waals surface area contributed by atoms with Crippen LogP contribution in [0, 0.1) is 5.92 Å². The van der Waals surface area contributed by atoms with Gasteiger partial charge >= 0.3 is 11.9 Å². The number of benzene rings is 2. The molecule has 0 spiro atoms. The zero-order chi connectivity index (χ0) is 19.2. The van der Waals surface area contributed by atoms with Crippen molar-refractivity contribution in [3.05, 3.63) is 71.9 Å². The number of para-hydroxylation sites is 1. The highest BCUT2D eigenvalue weighted by molar-refractivity contribution is 5.99. The summed E-state index contributed by atoms with van der Waals surface area (Å²) >= 11 is 0. The third kappa shape index (κ3) is 4.06. The minimum atomic E-state index is -0.735. The van der Waals surface area contributed by atoms with Gasteiger partial charge in [0.05, 0.1) is 19.8 Å². The predicted octanol–water partition coefficient (Wildman–Crippen LogP) is 3.49. The van der Waals surface area contributed by atoms with Crippen LogP contribution in [0.1, 0.15) is 11.5 Å². The van der Waals surface area contributed by atoms with E-state index in [0.717, 1.165) is 5.56 Å². The summed E-state index contributed by atoms with van der Waals surface area (Å²) < 4.78 is 15.6. The topological polar surface area (TPSA) is 74.2 Å². The van der Waals surface area contributed by atoms with E-state index in [2.05, 4.69) is 4.99 Å². The fraction of sp³-hybridized carbons (Fsp3) is 0.190. The first-order valence-electron chi connectivity index (χ1n) is 8.36. The molecule has 0 fully saturated rings. The molecule has 0 bridgehead atoms. The van der Waals surface area contributed by atoms with Gasteiger partial charge in [-0.2, -0.15) is 0 Å². The van der Waals surface area contributed by atoms with Crippen LogP contribution in [0.2, 0.25) is 0 Å². The van der Waals surface area contributed by atoms with E-state index >= 15 is 0 Å². The maximum absolute atomic E-state index is 12.3. The molecule has 0 saturated heterocycles. The van der Waals surface area contributed by atoms with Crippen LogP contribution in [0.4, 0.5) is 0 Å². The summed E-state index contributed by atoms with van der Waals surface area (Å²) in [6, 6.07) is 16.6. The van der Waals surface area contributed by atoms with Crippen molar-refractivity contribution in [1.82, 2.24) is 0 Å². The van der Waals surface area contributed by atoms with E-state index in [1.807, 2.05) is 48.5 Å². The fourth-order valence-corrected chi connectivity index (χ4v) is 2.99. The Morgan fingerprint density at radius 1 is 0.926 bits per heavy atom. The average molecular weight is 365 g/mol. The Labute approximate surface area is 157 Å². The number of aliphatic imine (C=N–C) groups is 1. The van der Waals surface area contributed by atoms with Gasteiger partial charge in [0.1, 0.15) is 17.4 Å². The summed E-state index contributed by atoms with van der Waals surface area (Å²) in [5, 5.41) is 0. The maximum Gasteiger partial charge on any atom is 0.335 e. The van der Waals surface area contributed by atoms with Gasteiger partial charge in [0.2, 0.25) is 0 Å². The van der Waals surface area contributed by atoms with Crippen LogP contribution >= 0.6 is 0 Å². The van der Waals surface area contributed by atoms with Gasteiger partial charge in [0.25, 0.3) is 0 Å². The van der Waals surface area contributed by atoms with E-state index in [0.29, 0.717) is 11.5 Å². The first kappa shape index (κ1) is 18.4. The van der Waals surface area contributed by atoms with E-state index in [1.165, 1.54) is 26.6 Å². The summed E-state index contributed by atoms with van der Waals surface area (Å²) in [4.78, 5) is 28.5. The lowest BCUT2D eigenvalue weighted by Gasteiger charge is -2.26. The lowest BCUT2D eigenvalue weighted by Crippen LogP contribution is -2.31.